The number of morpholine rings is 1. The first-order chi connectivity index (χ1) is 18.6. The molecule has 1 aliphatic rings. The van der Waals surface area contributed by atoms with E-state index < -0.39 is 12.1 Å². The highest BCUT2D eigenvalue weighted by atomic mass is 16.5. The smallest absolute Gasteiger partial charge is 0.320 e. The zero-order chi connectivity index (χ0) is 28.8. The Kier molecular flexibility index (Phi) is 14.6. The molecule has 4 N–H and O–H groups in total. The number of nitrogens with two attached hydrogens (primary N) is 1. The number of nitrogens with one attached hydrogen (secondary N) is 1. The predicted octanol–water partition coefficient (Wildman–Crippen LogP) is 2.00. The van der Waals surface area contributed by atoms with E-state index >= 15 is 0 Å². The summed E-state index contributed by atoms with van der Waals surface area (Å²) in [4.78, 5) is 25.9. The molecule has 0 aromatic heterocycles. The predicted molar refractivity (Wildman–Crippen MR) is 150 cm³/mol. The van der Waals surface area contributed by atoms with Crippen LogP contribution in [0, 0.1) is 17.8 Å². The maximum atomic E-state index is 12.6. The Labute approximate surface area is 233 Å². The fourth-order valence-corrected chi connectivity index (χ4v) is 4.69. The molecule has 222 valence electrons. The second kappa shape index (κ2) is 17.3. The summed E-state index contributed by atoms with van der Waals surface area (Å²) in [6, 6.07) is 5.53. The molecule has 1 saturated heterocycles. The minimum atomic E-state index is -0.792. The number of hydrogen-bond donors (Lipinski definition) is 3. The highest BCUT2D eigenvalue weighted by molar-refractivity contribution is 5.78. The van der Waals surface area contributed by atoms with Crippen LogP contribution in [-0.4, -0.2) is 94.2 Å². The van der Waals surface area contributed by atoms with Gasteiger partial charge in [0.15, 0.2) is 11.5 Å². The van der Waals surface area contributed by atoms with Gasteiger partial charge in [0.1, 0.15) is 6.61 Å². The molecule has 2 rings (SSSR count). The summed E-state index contributed by atoms with van der Waals surface area (Å²) in [7, 11) is 3.30. The number of aliphatic hydroxyl groups is 1. The highest BCUT2D eigenvalue weighted by Gasteiger charge is 2.26. The highest BCUT2D eigenvalue weighted by Crippen LogP contribution is 2.31. The number of benzene rings is 1. The Bertz CT molecular complexity index is 882. The fraction of sp³-hybridized carbons (Fsp3) is 0.724. The Hall–Kier alpha value is -2.40. The summed E-state index contributed by atoms with van der Waals surface area (Å²) in [5.74, 6) is 1.24. The van der Waals surface area contributed by atoms with Crippen LogP contribution in [0.2, 0.25) is 0 Å². The van der Waals surface area contributed by atoms with Crippen LogP contribution in [-0.2, 0) is 25.5 Å². The number of amides is 1. The molecule has 1 amide bonds. The van der Waals surface area contributed by atoms with E-state index in [2.05, 4.69) is 19.2 Å². The molecule has 1 aromatic carbocycles. The normalized spacial score (nSPS) is 17.3. The second-order valence-corrected chi connectivity index (χ2v) is 10.8. The first-order valence-corrected chi connectivity index (χ1v) is 14.0. The van der Waals surface area contributed by atoms with Crippen molar-refractivity contribution < 1.29 is 33.6 Å². The lowest BCUT2D eigenvalue weighted by molar-refractivity contribution is -0.150. The van der Waals surface area contributed by atoms with Crippen LogP contribution in [0.5, 0.6) is 11.5 Å². The van der Waals surface area contributed by atoms with Crippen molar-refractivity contribution in [2.24, 2.45) is 23.5 Å². The van der Waals surface area contributed by atoms with Gasteiger partial charge in [0, 0.05) is 51.7 Å². The fourth-order valence-electron chi connectivity index (χ4n) is 4.69. The first-order valence-electron chi connectivity index (χ1n) is 14.0. The topological polar surface area (TPSA) is 133 Å². The standard InChI is InChI=1S/C29H49N3O7/c1-20(2)23(16-22-7-8-26(37-5)27(17-22)38-13-6-12-36-4)18-24(30)25(33)15-21(3)29(35)31-9-10-32-11-14-39-28(34)19-32/h7-8,17,20-21,23-25,33H,6,9-16,18-19,30H2,1-5H3,(H,31,35)/t21-,23+,24+,25+/m1/s1. The van der Waals surface area contributed by atoms with Gasteiger partial charge in [-0.25, -0.2) is 0 Å². The Morgan fingerprint density at radius 3 is 2.62 bits per heavy atom. The van der Waals surface area contributed by atoms with Gasteiger partial charge < -0.3 is 35.1 Å². The summed E-state index contributed by atoms with van der Waals surface area (Å²) >= 11 is 0. The van der Waals surface area contributed by atoms with Gasteiger partial charge in [-0.05, 0) is 48.8 Å². The average Bonchev–Trinajstić information content (AvgIpc) is 2.90. The number of aliphatic hydroxyl groups excluding tert-OH is 1. The number of nitrogens with zero attached hydrogens (tertiary/aromatic N) is 1. The van der Waals surface area contributed by atoms with Crippen molar-refractivity contribution in [3.8, 4) is 11.5 Å². The third-order valence-corrected chi connectivity index (χ3v) is 7.28. The molecule has 1 aliphatic heterocycles. The van der Waals surface area contributed by atoms with E-state index in [1.807, 2.05) is 23.1 Å². The maximum absolute atomic E-state index is 12.6. The van der Waals surface area contributed by atoms with Crippen molar-refractivity contribution in [2.45, 2.75) is 58.6 Å². The summed E-state index contributed by atoms with van der Waals surface area (Å²) in [6.07, 6.45) is 1.71. The molecule has 0 bridgehead atoms. The maximum Gasteiger partial charge on any atom is 0.320 e. The van der Waals surface area contributed by atoms with Gasteiger partial charge in [-0.3, -0.25) is 14.5 Å². The van der Waals surface area contributed by atoms with Gasteiger partial charge in [0.05, 0.1) is 26.4 Å². The molecule has 4 atom stereocenters. The quantitative estimate of drug-likeness (QED) is 0.185. The second-order valence-electron chi connectivity index (χ2n) is 10.8. The number of esters is 1. The van der Waals surface area contributed by atoms with Crippen LogP contribution in [0.4, 0.5) is 0 Å². The number of cyclic esters (lactones) is 1. The van der Waals surface area contributed by atoms with Crippen molar-refractivity contribution in [3.05, 3.63) is 23.8 Å². The Morgan fingerprint density at radius 2 is 1.95 bits per heavy atom. The molecule has 1 heterocycles. The zero-order valence-electron chi connectivity index (χ0n) is 24.3. The minimum Gasteiger partial charge on any atom is -0.493 e. The van der Waals surface area contributed by atoms with Crippen molar-refractivity contribution in [2.75, 3.05) is 60.2 Å². The molecule has 10 nitrogen and oxygen atoms in total. The van der Waals surface area contributed by atoms with Gasteiger partial charge in [-0.2, -0.15) is 0 Å². The van der Waals surface area contributed by atoms with Gasteiger partial charge in [0.2, 0.25) is 5.91 Å². The van der Waals surface area contributed by atoms with Crippen LogP contribution < -0.4 is 20.5 Å². The summed E-state index contributed by atoms with van der Waals surface area (Å²) in [6.45, 7) is 9.61. The lowest BCUT2D eigenvalue weighted by Crippen LogP contribution is -2.45. The average molecular weight is 552 g/mol. The molecule has 1 fully saturated rings. The van der Waals surface area contributed by atoms with E-state index in [1.54, 1.807) is 21.1 Å². The van der Waals surface area contributed by atoms with Crippen molar-refractivity contribution in [1.29, 1.82) is 0 Å². The number of hydrogen-bond acceptors (Lipinski definition) is 9. The summed E-state index contributed by atoms with van der Waals surface area (Å²) < 4.78 is 21.4. The summed E-state index contributed by atoms with van der Waals surface area (Å²) in [5, 5.41) is 13.7. The van der Waals surface area contributed by atoms with E-state index in [0.717, 1.165) is 18.4 Å². The molecular formula is C29H49N3O7. The van der Waals surface area contributed by atoms with Crippen molar-refractivity contribution in [3.63, 3.8) is 0 Å². The molecule has 0 saturated carbocycles. The molecular weight excluding hydrogens is 502 g/mol. The monoisotopic (exact) mass is 551 g/mol. The SMILES string of the molecule is COCCCOc1cc(C[C@@H](C[C@H](N)[C@@H](O)C[C@@H](C)C(=O)NCCN2CCOC(=O)C2)C(C)C)ccc1OC. The van der Waals surface area contributed by atoms with Crippen LogP contribution in [0.15, 0.2) is 18.2 Å². The number of rotatable bonds is 18. The van der Waals surface area contributed by atoms with Crippen LogP contribution in [0.1, 0.15) is 45.6 Å². The Balaban J connectivity index is 1.85. The molecule has 10 heteroatoms. The van der Waals surface area contributed by atoms with Crippen molar-refractivity contribution >= 4 is 11.9 Å². The third-order valence-electron chi connectivity index (χ3n) is 7.28. The van der Waals surface area contributed by atoms with Gasteiger partial charge in [0.25, 0.3) is 0 Å². The molecule has 0 aliphatic carbocycles. The van der Waals surface area contributed by atoms with Crippen molar-refractivity contribution in [1.82, 2.24) is 10.2 Å². The van der Waals surface area contributed by atoms with E-state index in [9.17, 15) is 14.7 Å². The molecule has 0 spiro atoms. The third kappa shape index (κ3) is 11.7. The van der Waals surface area contributed by atoms with E-state index in [-0.39, 0.29) is 36.7 Å². The van der Waals surface area contributed by atoms with Gasteiger partial charge >= 0.3 is 5.97 Å². The summed E-state index contributed by atoms with van der Waals surface area (Å²) in [5.41, 5.74) is 7.57. The van der Waals surface area contributed by atoms with E-state index in [0.29, 0.717) is 63.3 Å². The minimum absolute atomic E-state index is 0.127. The van der Waals surface area contributed by atoms with E-state index in [4.69, 9.17) is 24.7 Å². The van der Waals surface area contributed by atoms with Gasteiger partial charge in [-0.1, -0.05) is 26.8 Å². The van der Waals surface area contributed by atoms with Crippen LogP contribution >= 0.6 is 0 Å². The number of carbonyl (C=O) groups excluding carboxylic acids is 2. The van der Waals surface area contributed by atoms with E-state index in [1.165, 1.54) is 0 Å². The molecule has 0 radical (unpaired) electrons. The molecule has 39 heavy (non-hydrogen) atoms. The van der Waals surface area contributed by atoms with Crippen LogP contribution in [0.25, 0.3) is 0 Å². The Morgan fingerprint density at radius 1 is 1.18 bits per heavy atom. The van der Waals surface area contributed by atoms with Gasteiger partial charge in [-0.15, -0.1) is 0 Å². The number of ether oxygens (including phenoxy) is 4. The van der Waals surface area contributed by atoms with Crippen LogP contribution in [0.3, 0.4) is 0 Å². The number of methoxy groups -OCH3 is 2. The lowest BCUT2D eigenvalue weighted by Gasteiger charge is -2.28. The largest absolute Gasteiger partial charge is 0.493 e. The lowest BCUT2D eigenvalue weighted by atomic mass is 9.82. The zero-order valence-corrected chi connectivity index (χ0v) is 24.3. The molecule has 1 aromatic rings. The molecule has 0 unspecified atom stereocenters. The number of carbonyl (C=O) groups is 2. The first kappa shape index (κ1) is 32.8.